The first-order chi connectivity index (χ1) is 9.39. The lowest BCUT2D eigenvalue weighted by atomic mass is 9.84. The van der Waals surface area contributed by atoms with Gasteiger partial charge in [-0.05, 0) is 40.2 Å². The molecule has 0 amide bonds. The van der Waals surface area contributed by atoms with Crippen molar-refractivity contribution in [2.45, 2.75) is 51.2 Å². The van der Waals surface area contributed by atoms with Gasteiger partial charge in [0.15, 0.2) is 0 Å². The van der Waals surface area contributed by atoms with Crippen LogP contribution in [0.25, 0.3) is 0 Å². The summed E-state index contributed by atoms with van der Waals surface area (Å²) in [5, 5.41) is 0. The molecule has 0 bridgehead atoms. The van der Waals surface area contributed by atoms with Crippen LogP contribution in [0.3, 0.4) is 0 Å². The number of aromatic nitrogens is 2. The minimum Gasteiger partial charge on any atom is -0.398 e. The smallest absolute Gasteiger partial charge is 0.398 e. The van der Waals surface area contributed by atoms with Gasteiger partial charge in [0, 0.05) is 18.7 Å². The van der Waals surface area contributed by atoms with Crippen LogP contribution in [-0.4, -0.2) is 41.5 Å². The predicted molar refractivity (Wildman–Crippen MR) is 75.9 cm³/mol. The second kappa shape index (κ2) is 4.79. The lowest BCUT2D eigenvalue weighted by Crippen LogP contribution is -2.41. The third-order valence-electron chi connectivity index (χ3n) is 4.49. The Bertz CT molecular complexity index is 485. The first-order valence-corrected chi connectivity index (χ1v) is 7.15. The van der Waals surface area contributed by atoms with Crippen LogP contribution in [0.2, 0.25) is 0 Å². The van der Waals surface area contributed by atoms with Crippen molar-refractivity contribution in [3.63, 3.8) is 0 Å². The molecule has 0 aliphatic carbocycles. The van der Waals surface area contributed by atoms with Crippen molar-refractivity contribution >= 4 is 12.7 Å². The summed E-state index contributed by atoms with van der Waals surface area (Å²) in [6.07, 6.45) is 2.76. The van der Waals surface area contributed by atoms with E-state index in [1.807, 2.05) is 33.8 Å². The summed E-state index contributed by atoms with van der Waals surface area (Å²) in [6.45, 7) is 9.65. The lowest BCUT2D eigenvalue weighted by molar-refractivity contribution is 0.00578. The zero-order chi connectivity index (χ0) is 14.4. The average Bonchev–Trinajstić information content (AvgIpc) is 2.97. The van der Waals surface area contributed by atoms with Gasteiger partial charge in [-0.25, -0.2) is 9.97 Å². The van der Waals surface area contributed by atoms with E-state index in [1.54, 1.807) is 6.20 Å². The van der Waals surface area contributed by atoms with Crippen LogP contribution in [0.5, 0.6) is 0 Å². The molecule has 108 valence electrons. The van der Waals surface area contributed by atoms with E-state index in [2.05, 4.69) is 9.97 Å². The zero-order valence-corrected chi connectivity index (χ0v) is 12.5. The Kier molecular flexibility index (Phi) is 3.35. The van der Waals surface area contributed by atoms with Gasteiger partial charge in [-0.1, -0.05) is 0 Å². The predicted octanol–water partition coefficient (Wildman–Crippen LogP) is 1.28. The molecular formula is C14H21BN2O3. The van der Waals surface area contributed by atoms with Gasteiger partial charge in [0.25, 0.3) is 0 Å². The summed E-state index contributed by atoms with van der Waals surface area (Å²) < 4.78 is 17.4. The second-order valence-electron chi connectivity index (χ2n) is 6.49. The summed E-state index contributed by atoms with van der Waals surface area (Å²) in [5.41, 5.74) is 0.0962. The van der Waals surface area contributed by atoms with Crippen LogP contribution in [0.15, 0.2) is 12.3 Å². The second-order valence-corrected chi connectivity index (χ2v) is 6.49. The fourth-order valence-electron chi connectivity index (χ4n) is 2.42. The molecule has 1 aromatic heterocycles. The molecule has 1 aromatic rings. The minimum absolute atomic E-state index is 0.289. The van der Waals surface area contributed by atoms with Crippen molar-refractivity contribution in [3.05, 3.63) is 18.1 Å². The summed E-state index contributed by atoms with van der Waals surface area (Å²) in [6, 6.07) is 1.86. The molecule has 20 heavy (non-hydrogen) atoms. The Hall–Kier alpha value is -0.975. The van der Waals surface area contributed by atoms with Crippen molar-refractivity contribution < 1.29 is 14.0 Å². The largest absolute Gasteiger partial charge is 0.514 e. The molecule has 0 aromatic carbocycles. The van der Waals surface area contributed by atoms with Crippen molar-refractivity contribution in [2.75, 3.05) is 13.2 Å². The minimum atomic E-state index is -0.427. The Morgan fingerprint density at radius 3 is 2.50 bits per heavy atom. The van der Waals surface area contributed by atoms with Gasteiger partial charge in [-0.3, -0.25) is 0 Å². The average molecular weight is 276 g/mol. The van der Waals surface area contributed by atoms with Gasteiger partial charge >= 0.3 is 7.12 Å². The van der Waals surface area contributed by atoms with E-state index in [4.69, 9.17) is 14.0 Å². The standard InChI is InChI=1S/C14H21BN2O3/c1-13(2)14(3,4)20-15(19-13)11-5-7-16-12(17-11)10-6-8-18-9-10/h5,7,10H,6,8-9H2,1-4H3. The SMILES string of the molecule is CC1(C)OB(c2ccnc(C3CCOC3)n2)OC1(C)C. The molecule has 0 spiro atoms. The van der Waals surface area contributed by atoms with E-state index < -0.39 is 7.12 Å². The molecule has 2 aliphatic heterocycles. The quantitative estimate of drug-likeness (QED) is 0.762. The Balaban J connectivity index is 1.83. The van der Waals surface area contributed by atoms with Crippen molar-refractivity contribution in [3.8, 4) is 0 Å². The first kappa shape index (κ1) is 14.0. The van der Waals surface area contributed by atoms with E-state index >= 15 is 0 Å². The number of rotatable bonds is 2. The normalized spacial score (nSPS) is 28.0. The maximum atomic E-state index is 6.02. The molecule has 6 heteroatoms. The van der Waals surface area contributed by atoms with Gasteiger partial charge in [-0.15, -0.1) is 0 Å². The number of nitrogens with zero attached hydrogens (tertiary/aromatic N) is 2. The van der Waals surface area contributed by atoms with Crippen LogP contribution in [0.1, 0.15) is 45.9 Å². The van der Waals surface area contributed by atoms with Crippen LogP contribution in [0, 0.1) is 0 Å². The van der Waals surface area contributed by atoms with Gasteiger partial charge in [0.1, 0.15) is 5.82 Å². The highest BCUT2D eigenvalue weighted by Gasteiger charge is 2.52. The molecule has 3 rings (SSSR count). The molecule has 2 saturated heterocycles. The highest BCUT2D eigenvalue weighted by molar-refractivity contribution is 6.61. The van der Waals surface area contributed by atoms with Gasteiger partial charge in [0.2, 0.25) is 0 Å². The molecule has 2 aliphatic rings. The molecule has 0 saturated carbocycles. The summed E-state index contributed by atoms with van der Waals surface area (Å²) in [5.74, 6) is 1.12. The Morgan fingerprint density at radius 1 is 1.20 bits per heavy atom. The van der Waals surface area contributed by atoms with Crippen molar-refractivity contribution in [1.82, 2.24) is 9.97 Å². The van der Waals surface area contributed by atoms with Crippen LogP contribution < -0.4 is 5.59 Å². The molecule has 0 radical (unpaired) electrons. The van der Waals surface area contributed by atoms with E-state index in [0.29, 0.717) is 6.61 Å². The number of ether oxygens (including phenoxy) is 1. The van der Waals surface area contributed by atoms with Crippen LogP contribution >= 0.6 is 0 Å². The summed E-state index contributed by atoms with van der Waals surface area (Å²) in [7, 11) is -0.427. The Labute approximate surface area is 120 Å². The monoisotopic (exact) mass is 276 g/mol. The third kappa shape index (κ3) is 2.36. The van der Waals surface area contributed by atoms with Gasteiger partial charge < -0.3 is 14.0 Å². The van der Waals surface area contributed by atoms with E-state index in [1.165, 1.54) is 0 Å². The summed E-state index contributed by atoms with van der Waals surface area (Å²) >= 11 is 0. The first-order valence-electron chi connectivity index (χ1n) is 7.15. The molecule has 0 N–H and O–H groups in total. The van der Waals surface area contributed by atoms with Crippen LogP contribution in [0.4, 0.5) is 0 Å². The maximum absolute atomic E-state index is 6.02. The number of hydrogen-bond donors (Lipinski definition) is 0. The number of hydrogen-bond acceptors (Lipinski definition) is 5. The topological polar surface area (TPSA) is 53.5 Å². The molecule has 1 unspecified atom stereocenters. The molecular weight excluding hydrogens is 255 g/mol. The van der Waals surface area contributed by atoms with Crippen molar-refractivity contribution in [2.24, 2.45) is 0 Å². The van der Waals surface area contributed by atoms with Crippen LogP contribution in [-0.2, 0) is 14.0 Å². The van der Waals surface area contributed by atoms with Gasteiger partial charge in [-0.2, -0.15) is 0 Å². The highest BCUT2D eigenvalue weighted by atomic mass is 16.7. The zero-order valence-electron chi connectivity index (χ0n) is 12.5. The molecule has 3 heterocycles. The third-order valence-corrected chi connectivity index (χ3v) is 4.49. The van der Waals surface area contributed by atoms with E-state index in [9.17, 15) is 0 Å². The highest BCUT2D eigenvalue weighted by Crippen LogP contribution is 2.36. The molecule has 1 atom stereocenters. The lowest BCUT2D eigenvalue weighted by Gasteiger charge is -2.32. The fraction of sp³-hybridized carbons (Fsp3) is 0.714. The summed E-state index contributed by atoms with van der Waals surface area (Å²) in [4.78, 5) is 8.99. The molecule has 5 nitrogen and oxygen atoms in total. The molecule has 2 fully saturated rings. The fourth-order valence-corrected chi connectivity index (χ4v) is 2.42. The maximum Gasteiger partial charge on any atom is 0.514 e. The van der Waals surface area contributed by atoms with Gasteiger partial charge in [0.05, 0.1) is 23.4 Å². The van der Waals surface area contributed by atoms with E-state index in [-0.39, 0.29) is 17.1 Å². The van der Waals surface area contributed by atoms with E-state index in [0.717, 1.165) is 24.4 Å². The van der Waals surface area contributed by atoms with Crippen molar-refractivity contribution in [1.29, 1.82) is 0 Å². The Morgan fingerprint density at radius 2 is 1.90 bits per heavy atom.